The van der Waals surface area contributed by atoms with Crippen LogP contribution in [0.4, 0.5) is 0 Å². The Hall–Kier alpha value is -0.180. The maximum atomic E-state index is 4.59. The van der Waals surface area contributed by atoms with E-state index in [1.807, 2.05) is 11.8 Å². The summed E-state index contributed by atoms with van der Waals surface area (Å²) in [6.07, 6.45) is 3.70. The molecule has 0 saturated heterocycles. The van der Waals surface area contributed by atoms with Gasteiger partial charge in [-0.15, -0.1) is 0 Å². The van der Waals surface area contributed by atoms with E-state index >= 15 is 0 Å². The van der Waals surface area contributed by atoms with Crippen molar-refractivity contribution >= 4 is 16.9 Å². The Labute approximate surface area is 105 Å². The fraction of sp³-hybridized carbons (Fsp3) is 0.923. The molecule has 0 aromatic heterocycles. The highest BCUT2D eigenvalue weighted by Gasteiger charge is 2.25. The summed E-state index contributed by atoms with van der Waals surface area (Å²) in [4.78, 5) is 4.59. The highest BCUT2D eigenvalue weighted by atomic mass is 32.2. The molecular weight excluding hydrogens is 216 g/mol. The first-order valence-electron chi connectivity index (χ1n) is 6.38. The van der Waals surface area contributed by atoms with Crippen molar-refractivity contribution in [2.75, 3.05) is 6.54 Å². The lowest BCUT2D eigenvalue weighted by atomic mass is 9.90. The summed E-state index contributed by atoms with van der Waals surface area (Å²) in [5.41, 5.74) is 0.414. The second-order valence-electron chi connectivity index (χ2n) is 5.98. The molecule has 1 N–H and O–H groups in total. The largest absolute Gasteiger partial charge is 0.362 e. The molecule has 94 valence electrons. The zero-order valence-corrected chi connectivity index (χ0v) is 12.2. The molecule has 1 rings (SSSR count). The molecule has 0 spiro atoms. The number of aliphatic imine (C=N–C) groups is 1. The van der Waals surface area contributed by atoms with Crippen molar-refractivity contribution in [3.8, 4) is 0 Å². The van der Waals surface area contributed by atoms with Gasteiger partial charge in [0.2, 0.25) is 0 Å². The van der Waals surface area contributed by atoms with Crippen molar-refractivity contribution in [3.63, 3.8) is 0 Å². The molecule has 2 unspecified atom stereocenters. The predicted molar refractivity (Wildman–Crippen MR) is 75.3 cm³/mol. The summed E-state index contributed by atoms with van der Waals surface area (Å²) in [6.45, 7) is 12.4. The first-order valence-corrected chi connectivity index (χ1v) is 7.26. The summed E-state index contributed by atoms with van der Waals surface area (Å²) < 4.78 is 0. The molecule has 0 bridgehead atoms. The smallest absolute Gasteiger partial charge is 0.157 e. The Morgan fingerprint density at radius 2 is 2.19 bits per heavy atom. The Balaban J connectivity index is 2.29. The van der Waals surface area contributed by atoms with Crippen LogP contribution in [-0.4, -0.2) is 23.0 Å². The summed E-state index contributed by atoms with van der Waals surface area (Å²) in [5.74, 6) is 0. The number of amidine groups is 1. The Morgan fingerprint density at radius 3 is 2.75 bits per heavy atom. The lowest BCUT2D eigenvalue weighted by Gasteiger charge is -2.22. The number of hydrogen-bond donors (Lipinski definition) is 1. The summed E-state index contributed by atoms with van der Waals surface area (Å²) >= 11 is 1.93. The molecule has 1 aliphatic rings. The van der Waals surface area contributed by atoms with Crippen LogP contribution in [0.25, 0.3) is 0 Å². The summed E-state index contributed by atoms with van der Waals surface area (Å²) in [5, 5.41) is 5.35. The van der Waals surface area contributed by atoms with Gasteiger partial charge in [-0.05, 0) is 25.2 Å². The predicted octanol–water partition coefficient (Wildman–Crippen LogP) is 3.67. The molecule has 0 amide bonds. The van der Waals surface area contributed by atoms with E-state index in [2.05, 4.69) is 44.9 Å². The molecule has 16 heavy (non-hydrogen) atoms. The lowest BCUT2D eigenvalue weighted by molar-refractivity contribution is 0.375. The van der Waals surface area contributed by atoms with Crippen molar-refractivity contribution < 1.29 is 0 Å². The molecular formula is C13H26N2S. The topological polar surface area (TPSA) is 24.4 Å². The van der Waals surface area contributed by atoms with E-state index in [1.54, 1.807) is 0 Å². The van der Waals surface area contributed by atoms with Crippen LogP contribution in [0.15, 0.2) is 4.99 Å². The lowest BCUT2D eigenvalue weighted by Crippen LogP contribution is -2.30. The third kappa shape index (κ3) is 5.24. The zero-order valence-electron chi connectivity index (χ0n) is 11.3. The molecule has 0 aromatic rings. The minimum absolute atomic E-state index is 0.414. The molecule has 0 aromatic carbocycles. The number of nitrogens with zero attached hydrogens (tertiary/aromatic N) is 1. The van der Waals surface area contributed by atoms with Crippen LogP contribution in [0.2, 0.25) is 0 Å². The molecule has 1 aliphatic heterocycles. The normalized spacial score (nSPS) is 23.1. The van der Waals surface area contributed by atoms with Crippen LogP contribution in [0, 0.1) is 5.41 Å². The van der Waals surface area contributed by atoms with Gasteiger partial charge in [-0.25, -0.2) is 0 Å². The Kier molecular flexibility index (Phi) is 5.16. The first kappa shape index (κ1) is 13.9. The second kappa shape index (κ2) is 5.95. The third-order valence-electron chi connectivity index (χ3n) is 2.65. The van der Waals surface area contributed by atoms with Gasteiger partial charge in [-0.3, -0.25) is 4.99 Å². The SMILES string of the molecule is CCCC(C)NC1=NCC(CC(C)(C)C)S1. The van der Waals surface area contributed by atoms with Crippen LogP contribution in [0.3, 0.4) is 0 Å². The van der Waals surface area contributed by atoms with Gasteiger partial charge >= 0.3 is 0 Å². The standard InChI is InChI=1S/C13H26N2S/c1-6-7-10(2)15-12-14-9-11(16-12)8-13(3,4)5/h10-11H,6-9H2,1-5H3,(H,14,15). The molecule has 3 heteroatoms. The fourth-order valence-electron chi connectivity index (χ4n) is 2.00. The highest BCUT2D eigenvalue weighted by molar-refractivity contribution is 8.14. The third-order valence-corrected chi connectivity index (χ3v) is 3.77. The molecule has 2 atom stereocenters. The molecule has 0 fully saturated rings. The average molecular weight is 242 g/mol. The monoisotopic (exact) mass is 242 g/mol. The second-order valence-corrected chi connectivity index (χ2v) is 7.27. The van der Waals surface area contributed by atoms with Crippen molar-refractivity contribution in [3.05, 3.63) is 0 Å². The van der Waals surface area contributed by atoms with Gasteiger partial charge in [0, 0.05) is 11.3 Å². The van der Waals surface area contributed by atoms with Crippen molar-refractivity contribution in [1.82, 2.24) is 5.32 Å². The quantitative estimate of drug-likeness (QED) is 0.813. The van der Waals surface area contributed by atoms with Gasteiger partial charge in [-0.1, -0.05) is 45.9 Å². The van der Waals surface area contributed by atoms with Gasteiger partial charge in [0.25, 0.3) is 0 Å². The minimum Gasteiger partial charge on any atom is -0.362 e. The molecule has 0 radical (unpaired) electrons. The first-order chi connectivity index (χ1) is 7.40. The molecule has 0 saturated carbocycles. The average Bonchev–Trinajstić information content (AvgIpc) is 2.49. The van der Waals surface area contributed by atoms with Crippen LogP contribution in [-0.2, 0) is 0 Å². The van der Waals surface area contributed by atoms with Gasteiger partial charge in [0.1, 0.15) is 0 Å². The Bertz CT molecular complexity index is 243. The number of thioether (sulfide) groups is 1. The van der Waals surface area contributed by atoms with Crippen LogP contribution in [0.1, 0.15) is 53.9 Å². The van der Waals surface area contributed by atoms with Gasteiger partial charge in [0.15, 0.2) is 5.17 Å². The number of nitrogens with one attached hydrogen (secondary N) is 1. The number of hydrogen-bond acceptors (Lipinski definition) is 3. The molecule has 1 heterocycles. The van der Waals surface area contributed by atoms with Crippen molar-refractivity contribution in [1.29, 1.82) is 0 Å². The van der Waals surface area contributed by atoms with Crippen molar-refractivity contribution in [2.24, 2.45) is 10.4 Å². The van der Waals surface area contributed by atoms with Crippen LogP contribution in [0.5, 0.6) is 0 Å². The minimum atomic E-state index is 0.414. The van der Waals surface area contributed by atoms with Gasteiger partial charge in [-0.2, -0.15) is 0 Å². The number of rotatable bonds is 4. The van der Waals surface area contributed by atoms with Gasteiger partial charge in [0.05, 0.1) is 6.54 Å². The van der Waals surface area contributed by atoms with E-state index in [9.17, 15) is 0 Å². The van der Waals surface area contributed by atoms with E-state index in [4.69, 9.17) is 0 Å². The maximum Gasteiger partial charge on any atom is 0.157 e. The molecule has 2 nitrogen and oxygen atoms in total. The van der Waals surface area contributed by atoms with E-state index in [0.717, 1.165) is 11.7 Å². The van der Waals surface area contributed by atoms with E-state index in [1.165, 1.54) is 19.3 Å². The molecule has 0 aliphatic carbocycles. The maximum absolute atomic E-state index is 4.59. The van der Waals surface area contributed by atoms with Crippen LogP contribution < -0.4 is 5.32 Å². The van der Waals surface area contributed by atoms with E-state index in [0.29, 0.717) is 16.7 Å². The van der Waals surface area contributed by atoms with Crippen LogP contribution >= 0.6 is 11.8 Å². The van der Waals surface area contributed by atoms with E-state index < -0.39 is 0 Å². The van der Waals surface area contributed by atoms with Crippen molar-refractivity contribution in [2.45, 2.75) is 65.2 Å². The summed E-state index contributed by atoms with van der Waals surface area (Å²) in [7, 11) is 0. The Morgan fingerprint density at radius 1 is 1.50 bits per heavy atom. The fourth-order valence-corrected chi connectivity index (χ4v) is 3.47. The van der Waals surface area contributed by atoms with Gasteiger partial charge < -0.3 is 5.32 Å². The van der Waals surface area contributed by atoms with E-state index in [-0.39, 0.29) is 0 Å². The zero-order chi connectivity index (χ0) is 12.2. The highest BCUT2D eigenvalue weighted by Crippen LogP contribution is 2.31. The summed E-state index contributed by atoms with van der Waals surface area (Å²) in [6, 6.07) is 0.560.